The van der Waals surface area contributed by atoms with Gasteiger partial charge in [-0.15, -0.1) is 0 Å². The van der Waals surface area contributed by atoms with Gasteiger partial charge in [-0.1, -0.05) is 19.1 Å². The van der Waals surface area contributed by atoms with Crippen LogP contribution in [0.1, 0.15) is 37.3 Å². The Morgan fingerprint density at radius 3 is 2.04 bits per heavy atom. The number of carboxylic acids is 1. The molecule has 7 heteroatoms. The molecular formula is C19H19F3O4. The van der Waals surface area contributed by atoms with Crippen LogP contribution in [0.3, 0.4) is 0 Å². The quantitative estimate of drug-likeness (QED) is 0.767. The van der Waals surface area contributed by atoms with Gasteiger partial charge in [-0.2, -0.15) is 13.2 Å². The average Bonchev–Trinajstić information content (AvgIpc) is 2.56. The van der Waals surface area contributed by atoms with Crippen LogP contribution in [0, 0.1) is 0 Å². The molecule has 0 aliphatic heterocycles. The highest BCUT2D eigenvalue weighted by Crippen LogP contribution is 2.37. The molecule has 2 atom stereocenters. The lowest BCUT2D eigenvalue weighted by Gasteiger charge is -2.34. The lowest BCUT2D eigenvalue weighted by molar-refractivity contribution is -0.156. The van der Waals surface area contributed by atoms with Gasteiger partial charge in [0.25, 0.3) is 0 Å². The van der Waals surface area contributed by atoms with E-state index in [4.69, 9.17) is 4.74 Å². The molecule has 4 nitrogen and oxygen atoms in total. The number of benzene rings is 2. The van der Waals surface area contributed by atoms with Crippen LogP contribution in [0.4, 0.5) is 13.2 Å². The lowest BCUT2D eigenvalue weighted by Crippen LogP contribution is -2.47. The van der Waals surface area contributed by atoms with Crippen molar-refractivity contribution in [3.8, 4) is 11.5 Å². The molecule has 0 fully saturated rings. The molecule has 0 bridgehead atoms. The van der Waals surface area contributed by atoms with Gasteiger partial charge in [0.15, 0.2) is 0 Å². The second-order valence-corrected chi connectivity index (χ2v) is 6.09. The van der Waals surface area contributed by atoms with Crippen molar-refractivity contribution in [1.82, 2.24) is 0 Å². The minimum atomic E-state index is -4.48. The van der Waals surface area contributed by atoms with Crippen LogP contribution in [0.5, 0.6) is 11.5 Å². The monoisotopic (exact) mass is 368 g/mol. The first kappa shape index (κ1) is 19.6. The number of hydrogen-bond acceptors (Lipinski definition) is 3. The first-order chi connectivity index (χ1) is 12.1. The van der Waals surface area contributed by atoms with E-state index in [1.54, 1.807) is 19.1 Å². The van der Waals surface area contributed by atoms with Gasteiger partial charge in [-0.25, -0.2) is 4.79 Å². The SMILES string of the molecule is CCC(c1ccc(O)cc1)C(C)(Oc1ccc(C(F)(F)F)cc1)C(=O)O. The number of aromatic hydroxyl groups is 1. The Balaban J connectivity index is 2.36. The Morgan fingerprint density at radius 2 is 1.62 bits per heavy atom. The number of aliphatic carboxylic acids is 1. The van der Waals surface area contributed by atoms with Gasteiger partial charge in [0.2, 0.25) is 5.60 Å². The molecule has 26 heavy (non-hydrogen) atoms. The van der Waals surface area contributed by atoms with E-state index in [1.165, 1.54) is 19.1 Å². The number of alkyl halides is 3. The van der Waals surface area contributed by atoms with E-state index in [0.29, 0.717) is 12.0 Å². The summed E-state index contributed by atoms with van der Waals surface area (Å²) in [5.41, 5.74) is -1.90. The third-order valence-electron chi connectivity index (χ3n) is 4.30. The first-order valence-electron chi connectivity index (χ1n) is 7.96. The topological polar surface area (TPSA) is 66.8 Å². The zero-order chi connectivity index (χ0) is 19.5. The minimum absolute atomic E-state index is 0.0279. The van der Waals surface area contributed by atoms with Crippen LogP contribution in [0.2, 0.25) is 0 Å². The molecule has 0 saturated carbocycles. The Labute approximate surface area is 148 Å². The van der Waals surface area contributed by atoms with E-state index in [1.807, 2.05) is 0 Å². The number of ether oxygens (including phenoxy) is 1. The molecule has 2 rings (SSSR count). The largest absolute Gasteiger partial charge is 0.508 e. The second-order valence-electron chi connectivity index (χ2n) is 6.09. The molecule has 0 aromatic heterocycles. The van der Waals surface area contributed by atoms with Crippen LogP contribution < -0.4 is 4.74 Å². The van der Waals surface area contributed by atoms with Gasteiger partial charge >= 0.3 is 12.1 Å². The van der Waals surface area contributed by atoms with E-state index >= 15 is 0 Å². The number of phenolic OH excluding ortho intramolecular Hbond substituents is 1. The summed E-state index contributed by atoms with van der Waals surface area (Å²) >= 11 is 0. The predicted molar refractivity (Wildman–Crippen MR) is 89.3 cm³/mol. The molecule has 140 valence electrons. The van der Waals surface area contributed by atoms with Gasteiger partial charge in [0.1, 0.15) is 11.5 Å². The Morgan fingerprint density at radius 1 is 1.08 bits per heavy atom. The second kappa shape index (κ2) is 7.27. The number of hydrogen-bond donors (Lipinski definition) is 2. The smallest absolute Gasteiger partial charge is 0.416 e. The molecule has 2 N–H and O–H groups in total. The fraction of sp³-hybridized carbons (Fsp3) is 0.316. The van der Waals surface area contributed by atoms with Gasteiger partial charge in [0, 0.05) is 5.92 Å². The average molecular weight is 368 g/mol. The molecule has 2 unspecified atom stereocenters. The fourth-order valence-corrected chi connectivity index (χ4v) is 2.87. The van der Waals surface area contributed by atoms with Crippen molar-refractivity contribution in [2.45, 2.75) is 38.0 Å². The third-order valence-corrected chi connectivity index (χ3v) is 4.30. The summed E-state index contributed by atoms with van der Waals surface area (Å²) in [7, 11) is 0. The van der Waals surface area contributed by atoms with Crippen molar-refractivity contribution in [2.75, 3.05) is 0 Å². The summed E-state index contributed by atoms with van der Waals surface area (Å²) in [4.78, 5) is 11.9. The molecule has 0 spiro atoms. The van der Waals surface area contributed by atoms with Crippen molar-refractivity contribution >= 4 is 5.97 Å². The van der Waals surface area contributed by atoms with Crippen molar-refractivity contribution in [1.29, 1.82) is 0 Å². The lowest BCUT2D eigenvalue weighted by atomic mass is 9.81. The third kappa shape index (κ3) is 4.09. The maximum absolute atomic E-state index is 12.7. The van der Waals surface area contributed by atoms with Crippen LogP contribution in [0.25, 0.3) is 0 Å². The normalized spacial score (nSPS) is 15.1. The summed E-state index contributed by atoms with van der Waals surface area (Å²) < 4.78 is 43.6. The van der Waals surface area contributed by atoms with E-state index in [9.17, 15) is 28.2 Å². The van der Waals surface area contributed by atoms with Gasteiger partial charge < -0.3 is 14.9 Å². The standard InChI is InChI=1S/C19H19F3O4/c1-3-16(12-4-8-14(23)9-5-12)18(2,17(24)25)26-15-10-6-13(7-11-15)19(20,21)22/h4-11,16,23H,3H2,1-2H3,(H,24,25). The zero-order valence-corrected chi connectivity index (χ0v) is 14.2. The summed E-state index contributed by atoms with van der Waals surface area (Å²) in [6.07, 6.45) is -4.07. The van der Waals surface area contributed by atoms with Gasteiger partial charge in [-0.3, -0.25) is 0 Å². The molecule has 0 heterocycles. The molecule has 2 aromatic rings. The highest BCUT2D eigenvalue weighted by atomic mass is 19.4. The van der Waals surface area contributed by atoms with Crippen molar-refractivity contribution in [3.05, 3.63) is 59.7 Å². The first-order valence-corrected chi connectivity index (χ1v) is 7.96. The number of halogens is 3. The maximum atomic E-state index is 12.7. The highest BCUT2D eigenvalue weighted by Gasteiger charge is 2.44. The molecule has 0 amide bonds. The van der Waals surface area contributed by atoms with Crippen molar-refractivity contribution in [3.63, 3.8) is 0 Å². The Hall–Kier alpha value is -2.70. The number of carbonyl (C=O) groups is 1. The molecule has 2 aromatic carbocycles. The zero-order valence-electron chi connectivity index (χ0n) is 14.2. The van der Waals surface area contributed by atoms with Gasteiger partial charge in [0.05, 0.1) is 5.56 Å². The predicted octanol–water partition coefficient (Wildman–Crippen LogP) is 4.83. The van der Waals surface area contributed by atoms with Gasteiger partial charge in [-0.05, 0) is 55.3 Å². The number of phenols is 1. The fourth-order valence-electron chi connectivity index (χ4n) is 2.87. The van der Waals surface area contributed by atoms with E-state index in [-0.39, 0.29) is 11.5 Å². The summed E-state index contributed by atoms with van der Waals surface area (Å²) in [5, 5.41) is 19.2. The highest BCUT2D eigenvalue weighted by molar-refractivity contribution is 5.79. The molecule has 0 saturated heterocycles. The van der Waals surface area contributed by atoms with Crippen LogP contribution in [0.15, 0.2) is 48.5 Å². The summed E-state index contributed by atoms with van der Waals surface area (Å²) in [5.74, 6) is -1.75. The maximum Gasteiger partial charge on any atom is 0.416 e. The molecule has 0 radical (unpaired) electrons. The van der Waals surface area contributed by atoms with Crippen molar-refractivity contribution < 1.29 is 32.9 Å². The van der Waals surface area contributed by atoms with Crippen molar-refractivity contribution in [2.24, 2.45) is 0 Å². The Bertz CT molecular complexity index is 754. The van der Waals surface area contributed by atoms with Crippen LogP contribution in [-0.2, 0) is 11.0 Å². The molecule has 0 aliphatic carbocycles. The number of rotatable bonds is 6. The van der Waals surface area contributed by atoms with E-state index < -0.39 is 29.2 Å². The number of carboxylic acid groups (broad SMARTS) is 1. The van der Waals surface area contributed by atoms with Crippen LogP contribution in [-0.4, -0.2) is 21.8 Å². The summed E-state index contributed by atoms with van der Waals surface area (Å²) in [6, 6.07) is 9.98. The Kier molecular flexibility index (Phi) is 5.49. The van der Waals surface area contributed by atoms with Crippen LogP contribution >= 0.6 is 0 Å². The molecule has 0 aliphatic rings. The molecular weight excluding hydrogens is 349 g/mol. The van der Waals surface area contributed by atoms with E-state index in [0.717, 1.165) is 24.3 Å². The minimum Gasteiger partial charge on any atom is -0.508 e. The van der Waals surface area contributed by atoms with E-state index in [2.05, 4.69) is 0 Å². The summed E-state index contributed by atoms with van der Waals surface area (Å²) in [6.45, 7) is 3.17.